The lowest BCUT2D eigenvalue weighted by molar-refractivity contribution is 0.283. The van der Waals surface area contributed by atoms with Gasteiger partial charge in [0.2, 0.25) is 0 Å². The van der Waals surface area contributed by atoms with Crippen molar-refractivity contribution < 1.29 is 10.2 Å². The van der Waals surface area contributed by atoms with E-state index in [1.165, 1.54) is 12.4 Å². The van der Waals surface area contributed by atoms with E-state index in [1.807, 2.05) is 12.1 Å². The van der Waals surface area contributed by atoms with Crippen LogP contribution in [0.3, 0.4) is 0 Å². The molecule has 0 radical (unpaired) electrons. The van der Waals surface area contributed by atoms with E-state index in [9.17, 15) is 5.11 Å². The number of aliphatic hydroxyl groups excluding tert-OH is 1. The SMILES string of the molecule is OCCCCCCNc1ccc2ncnc(Nc3cc(Cl)ccc3O)c2n1. The van der Waals surface area contributed by atoms with Crippen LogP contribution in [0.25, 0.3) is 11.0 Å². The van der Waals surface area contributed by atoms with E-state index in [2.05, 4.69) is 25.6 Å². The third-order valence-electron chi connectivity index (χ3n) is 4.08. The second kappa shape index (κ2) is 9.34. The Bertz CT molecular complexity index is 906. The molecule has 0 spiro atoms. The number of phenols is 1. The van der Waals surface area contributed by atoms with Crippen molar-refractivity contribution in [3.63, 3.8) is 0 Å². The number of hydrogen-bond donors (Lipinski definition) is 4. The summed E-state index contributed by atoms with van der Waals surface area (Å²) in [7, 11) is 0. The van der Waals surface area contributed by atoms with Crippen molar-refractivity contribution in [2.24, 2.45) is 0 Å². The van der Waals surface area contributed by atoms with E-state index in [-0.39, 0.29) is 12.4 Å². The summed E-state index contributed by atoms with van der Waals surface area (Å²) in [5.41, 5.74) is 1.75. The lowest BCUT2D eigenvalue weighted by Gasteiger charge is -2.11. The third kappa shape index (κ3) is 5.18. The number of phenolic OH excluding ortho intramolecular Hbond substituents is 1. The minimum absolute atomic E-state index is 0.0725. The number of pyridine rings is 1. The predicted molar refractivity (Wildman–Crippen MR) is 108 cm³/mol. The highest BCUT2D eigenvalue weighted by Crippen LogP contribution is 2.30. The number of anilines is 3. The number of aliphatic hydroxyl groups is 1. The Morgan fingerprint density at radius 3 is 2.70 bits per heavy atom. The molecule has 0 saturated heterocycles. The van der Waals surface area contributed by atoms with Gasteiger partial charge in [-0.3, -0.25) is 0 Å². The summed E-state index contributed by atoms with van der Waals surface area (Å²) in [5.74, 6) is 1.30. The summed E-state index contributed by atoms with van der Waals surface area (Å²) in [6.07, 6.45) is 5.38. The normalized spacial score (nSPS) is 10.9. The number of hydrogen-bond acceptors (Lipinski definition) is 7. The van der Waals surface area contributed by atoms with Crippen molar-refractivity contribution in [1.29, 1.82) is 0 Å². The van der Waals surface area contributed by atoms with Crippen molar-refractivity contribution >= 4 is 40.0 Å². The fraction of sp³-hybridized carbons (Fsp3) is 0.316. The van der Waals surface area contributed by atoms with Crippen LogP contribution in [0.2, 0.25) is 5.02 Å². The Morgan fingerprint density at radius 2 is 1.85 bits per heavy atom. The summed E-state index contributed by atoms with van der Waals surface area (Å²) in [6.45, 7) is 1.05. The summed E-state index contributed by atoms with van der Waals surface area (Å²) in [4.78, 5) is 13.1. The van der Waals surface area contributed by atoms with Crippen LogP contribution in [-0.4, -0.2) is 38.3 Å². The second-order valence-corrected chi connectivity index (χ2v) is 6.57. The first-order valence-corrected chi connectivity index (χ1v) is 9.27. The molecule has 3 rings (SSSR count). The third-order valence-corrected chi connectivity index (χ3v) is 4.32. The summed E-state index contributed by atoms with van der Waals surface area (Å²) in [6, 6.07) is 8.51. The lowest BCUT2D eigenvalue weighted by Crippen LogP contribution is -2.05. The van der Waals surface area contributed by atoms with Crippen LogP contribution in [0.5, 0.6) is 5.75 Å². The van der Waals surface area contributed by atoms with E-state index < -0.39 is 0 Å². The zero-order valence-corrected chi connectivity index (χ0v) is 15.6. The van der Waals surface area contributed by atoms with Crippen LogP contribution in [0.1, 0.15) is 25.7 Å². The van der Waals surface area contributed by atoms with Crippen molar-refractivity contribution in [2.45, 2.75) is 25.7 Å². The van der Waals surface area contributed by atoms with Gasteiger partial charge in [0.25, 0.3) is 0 Å². The number of halogens is 1. The average Bonchev–Trinajstić information content (AvgIpc) is 2.68. The van der Waals surface area contributed by atoms with Crippen molar-refractivity contribution in [3.05, 3.63) is 41.7 Å². The van der Waals surface area contributed by atoms with Crippen LogP contribution in [-0.2, 0) is 0 Å². The molecule has 0 aliphatic carbocycles. The molecular formula is C19H22ClN5O2. The molecule has 1 aromatic carbocycles. The van der Waals surface area contributed by atoms with E-state index in [0.29, 0.717) is 27.6 Å². The average molecular weight is 388 g/mol. The number of aromatic hydroxyl groups is 1. The van der Waals surface area contributed by atoms with Gasteiger partial charge in [0, 0.05) is 18.2 Å². The number of nitrogens with zero attached hydrogens (tertiary/aromatic N) is 3. The molecule has 0 atom stereocenters. The maximum atomic E-state index is 10.0. The molecule has 0 aliphatic rings. The molecule has 4 N–H and O–H groups in total. The molecule has 7 nitrogen and oxygen atoms in total. The van der Waals surface area contributed by atoms with Gasteiger partial charge in [-0.1, -0.05) is 24.4 Å². The molecule has 2 aromatic heterocycles. The molecule has 0 amide bonds. The molecular weight excluding hydrogens is 366 g/mol. The molecule has 0 fully saturated rings. The fourth-order valence-corrected chi connectivity index (χ4v) is 2.84. The molecule has 8 heteroatoms. The maximum Gasteiger partial charge on any atom is 0.160 e. The maximum absolute atomic E-state index is 10.0. The number of nitrogens with one attached hydrogen (secondary N) is 2. The van der Waals surface area contributed by atoms with Crippen LogP contribution in [0, 0.1) is 0 Å². The highest BCUT2D eigenvalue weighted by atomic mass is 35.5. The monoisotopic (exact) mass is 387 g/mol. The van der Waals surface area contributed by atoms with E-state index in [1.54, 1.807) is 12.1 Å². The fourth-order valence-electron chi connectivity index (χ4n) is 2.67. The Morgan fingerprint density at radius 1 is 1.00 bits per heavy atom. The minimum atomic E-state index is 0.0725. The predicted octanol–water partition coefficient (Wildman–Crippen LogP) is 4.09. The quantitative estimate of drug-likeness (QED) is 0.324. The van der Waals surface area contributed by atoms with Crippen molar-refractivity contribution in [2.75, 3.05) is 23.8 Å². The number of unbranched alkanes of at least 4 members (excludes halogenated alkanes) is 3. The molecule has 0 saturated carbocycles. The molecule has 0 bridgehead atoms. The van der Waals surface area contributed by atoms with E-state index in [4.69, 9.17) is 16.7 Å². The van der Waals surface area contributed by atoms with E-state index >= 15 is 0 Å². The highest BCUT2D eigenvalue weighted by molar-refractivity contribution is 6.31. The van der Waals surface area contributed by atoms with Crippen LogP contribution in [0.15, 0.2) is 36.7 Å². The molecule has 142 valence electrons. The Labute approximate surface area is 162 Å². The Kier molecular flexibility index (Phi) is 6.62. The summed E-state index contributed by atoms with van der Waals surface area (Å²) in [5, 5.41) is 25.7. The highest BCUT2D eigenvalue weighted by Gasteiger charge is 2.10. The summed E-state index contributed by atoms with van der Waals surface area (Å²) >= 11 is 6.01. The van der Waals surface area contributed by atoms with Crippen LogP contribution < -0.4 is 10.6 Å². The Hall–Kier alpha value is -2.64. The number of benzene rings is 1. The minimum Gasteiger partial charge on any atom is -0.506 e. The van der Waals surface area contributed by atoms with Gasteiger partial charge in [0.1, 0.15) is 23.4 Å². The van der Waals surface area contributed by atoms with Gasteiger partial charge >= 0.3 is 0 Å². The molecule has 0 aliphatic heterocycles. The largest absolute Gasteiger partial charge is 0.506 e. The number of rotatable bonds is 9. The zero-order valence-electron chi connectivity index (χ0n) is 14.8. The molecule has 2 heterocycles. The van der Waals surface area contributed by atoms with Gasteiger partial charge in [0.05, 0.1) is 11.2 Å². The molecule has 3 aromatic rings. The van der Waals surface area contributed by atoms with Gasteiger partial charge in [0.15, 0.2) is 5.82 Å². The summed E-state index contributed by atoms with van der Waals surface area (Å²) < 4.78 is 0. The molecule has 27 heavy (non-hydrogen) atoms. The van der Waals surface area contributed by atoms with Crippen molar-refractivity contribution in [1.82, 2.24) is 15.0 Å². The first-order chi connectivity index (χ1) is 13.2. The standard InChI is InChI=1S/C19H22ClN5O2/c20-13-5-7-16(27)15(11-13)24-19-18-14(22-12-23-19)6-8-17(25-18)21-9-3-1-2-4-10-26/h5-8,11-12,26-27H,1-4,9-10H2,(H,21,25)(H,22,23,24). The van der Waals surface area contributed by atoms with Crippen LogP contribution >= 0.6 is 11.6 Å². The van der Waals surface area contributed by atoms with Gasteiger partial charge in [-0.05, 0) is 43.2 Å². The first-order valence-electron chi connectivity index (χ1n) is 8.89. The van der Waals surface area contributed by atoms with Gasteiger partial charge in [-0.15, -0.1) is 0 Å². The lowest BCUT2D eigenvalue weighted by atomic mass is 10.2. The van der Waals surface area contributed by atoms with Gasteiger partial charge in [-0.2, -0.15) is 0 Å². The van der Waals surface area contributed by atoms with Gasteiger partial charge in [-0.25, -0.2) is 15.0 Å². The van der Waals surface area contributed by atoms with Crippen LogP contribution in [0.4, 0.5) is 17.3 Å². The number of aromatic nitrogens is 3. The second-order valence-electron chi connectivity index (χ2n) is 6.14. The van der Waals surface area contributed by atoms with E-state index in [0.717, 1.165) is 38.0 Å². The van der Waals surface area contributed by atoms with Crippen molar-refractivity contribution in [3.8, 4) is 5.75 Å². The topological polar surface area (TPSA) is 103 Å². The first kappa shape index (κ1) is 19.1. The Balaban J connectivity index is 1.75. The smallest absolute Gasteiger partial charge is 0.160 e. The van der Waals surface area contributed by atoms with Gasteiger partial charge < -0.3 is 20.8 Å². The molecule has 0 unspecified atom stereocenters. The zero-order chi connectivity index (χ0) is 19.1. The number of fused-ring (bicyclic) bond motifs is 1.